The van der Waals surface area contributed by atoms with Gasteiger partial charge >= 0.3 is 0 Å². The van der Waals surface area contributed by atoms with Crippen LogP contribution < -0.4 is 5.32 Å². The average molecular weight is 142 g/mol. The predicted molar refractivity (Wildman–Crippen MR) is 46.2 cm³/mol. The van der Waals surface area contributed by atoms with Gasteiger partial charge in [-0.25, -0.2) is 0 Å². The highest BCUT2D eigenvalue weighted by atomic mass is 15.2. The van der Waals surface area contributed by atoms with E-state index in [1.165, 1.54) is 13.1 Å². The Morgan fingerprint density at radius 1 is 1.40 bits per heavy atom. The van der Waals surface area contributed by atoms with Gasteiger partial charge in [-0.05, 0) is 0 Å². The van der Waals surface area contributed by atoms with E-state index in [1.54, 1.807) is 0 Å². The van der Waals surface area contributed by atoms with Gasteiger partial charge in [0, 0.05) is 32.7 Å². The zero-order valence-electron chi connectivity index (χ0n) is 5.77. The molecule has 0 aliphatic carbocycles. The van der Waals surface area contributed by atoms with Crippen molar-refractivity contribution in [3.63, 3.8) is 0 Å². The van der Waals surface area contributed by atoms with E-state index in [0.29, 0.717) is 0 Å². The predicted octanol–water partition coefficient (Wildman–Crippen LogP) is 0.714. The van der Waals surface area contributed by atoms with Crippen molar-refractivity contribution in [1.29, 1.82) is 0 Å². The maximum absolute atomic E-state index is 3.69. The molecular weight excluding hydrogens is 124 g/mol. The molecule has 0 spiro atoms. The monoisotopic (exact) mass is 142 g/mol. The lowest BCUT2D eigenvalue weighted by Gasteiger charge is -2.25. The summed E-state index contributed by atoms with van der Waals surface area (Å²) in [6.07, 6.45) is 1.96. The minimum absolute atomic E-state index is 0. The van der Waals surface area contributed by atoms with Gasteiger partial charge in [-0.3, -0.25) is 4.90 Å². The van der Waals surface area contributed by atoms with E-state index in [2.05, 4.69) is 16.8 Å². The van der Waals surface area contributed by atoms with Gasteiger partial charge in [-0.15, -0.1) is 6.58 Å². The Morgan fingerprint density at radius 2 is 2.00 bits per heavy atom. The lowest BCUT2D eigenvalue weighted by molar-refractivity contribution is 0.265. The molecule has 2 heteroatoms. The smallest absolute Gasteiger partial charge is 0.0161 e. The highest BCUT2D eigenvalue weighted by Gasteiger charge is 2.05. The molecule has 0 bridgehead atoms. The van der Waals surface area contributed by atoms with Crippen molar-refractivity contribution in [3.05, 3.63) is 12.7 Å². The third-order valence-corrected chi connectivity index (χ3v) is 1.60. The van der Waals surface area contributed by atoms with Gasteiger partial charge in [-0.2, -0.15) is 0 Å². The fourth-order valence-corrected chi connectivity index (χ4v) is 1.08. The first-order valence-electron chi connectivity index (χ1n) is 3.47. The molecule has 1 aliphatic heterocycles. The molecule has 1 saturated heterocycles. The van der Waals surface area contributed by atoms with Crippen LogP contribution >= 0.6 is 0 Å². The quantitative estimate of drug-likeness (QED) is 0.571. The summed E-state index contributed by atoms with van der Waals surface area (Å²) in [5.74, 6) is 0. The van der Waals surface area contributed by atoms with Gasteiger partial charge in [-0.1, -0.05) is 13.5 Å². The summed E-state index contributed by atoms with van der Waals surface area (Å²) in [5, 5.41) is 3.30. The third kappa shape index (κ3) is 2.99. The number of piperazine rings is 1. The maximum atomic E-state index is 3.69. The first kappa shape index (κ1) is 9.66. The summed E-state index contributed by atoms with van der Waals surface area (Å²) in [7, 11) is 0. The van der Waals surface area contributed by atoms with Crippen LogP contribution in [0.3, 0.4) is 0 Å². The van der Waals surface area contributed by atoms with E-state index in [0.717, 1.165) is 19.6 Å². The van der Waals surface area contributed by atoms with Gasteiger partial charge in [0.1, 0.15) is 0 Å². The van der Waals surface area contributed by atoms with Crippen LogP contribution in [-0.2, 0) is 0 Å². The maximum Gasteiger partial charge on any atom is 0.0161 e. The molecule has 0 radical (unpaired) electrons. The molecule has 10 heavy (non-hydrogen) atoms. The summed E-state index contributed by atoms with van der Waals surface area (Å²) >= 11 is 0. The molecule has 0 aromatic carbocycles. The van der Waals surface area contributed by atoms with E-state index in [-0.39, 0.29) is 7.43 Å². The zero-order valence-corrected chi connectivity index (χ0v) is 5.77. The molecule has 2 nitrogen and oxygen atoms in total. The second-order valence-corrected chi connectivity index (χ2v) is 2.34. The SMILES string of the molecule is C.C=CCN1CCNCC1. The number of nitrogens with zero attached hydrogens (tertiary/aromatic N) is 1. The Labute approximate surface area is 63.9 Å². The molecule has 1 aliphatic rings. The Hall–Kier alpha value is -0.340. The van der Waals surface area contributed by atoms with Gasteiger partial charge < -0.3 is 5.32 Å². The van der Waals surface area contributed by atoms with Crippen LogP contribution in [0.25, 0.3) is 0 Å². The van der Waals surface area contributed by atoms with Crippen LogP contribution in [0.2, 0.25) is 0 Å². The fourth-order valence-electron chi connectivity index (χ4n) is 1.08. The topological polar surface area (TPSA) is 15.3 Å². The molecule has 0 aromatic rings. The molecule has 0 amide bonds. The third-order valence-electron chi connectivity index (χ3n) is 1.60. The first-order chi connectivity index (χ1) is 4.43. The molecule has 1 N–H and O–H groups in total. The van der Waals surface area contributed by atoms with E-state index >= 15 is 0 Å². The number of nitrogens with one attached hydrogen (secondary N) is 1. The van der Waals surface area contributed by atoms with Crippen molar-refractivity contribution in [2.45, 2.75) is 7.43 Å². The number of hydrogen-bond donors (Lipinski definition) is 1. The van der Waals surface area contributed by atoms with Crippen molar-refractivity contribution in [2.75, 3.05) is 32.7 Å². The van der Waals surface area contributed by atoms with E-state index in [1.807, 2.05) is 6.08 Å². The second-order valence-electron chi connectivity index (χ2n) is 2.34. The van der Waals surface area contributed by atoms with Gasteiger partial charge in [0.2, 0.25) is 0 Å². The molecule has 0 saturated carbocycles. The Morgan fingerprint density at radius 3 is 2.50 bits per heavy atom. The van der Waals surface area contributed by atoms with Crippen molar-refractivity contribution >= 4 is 0 Å². The average Bonchev–Trinajstić information content (AvgIpc) is 1.91. The van der Waals surface area contributed by atoms with Crippen molar-refractivity contribution < 1.29 is 0 Å². The summed E-state index contributed by atoms with van der Waals surface area (Å²) in [4.78, 5) is 2.39. The lowest BCUT2D eigenvalue weighted by Crippen LogP contribution is -2.43. The molecule has 1 heterocycles. The van der Waals surface area contributed by atoms with Crippen LogP contribution in [0.15, 0.2) is 12.7 Å². The minimum atomic E-state index is 0. The molecule has 0 atom stereocenters. The van der Waals surface area contributed by atoms with Crippen LogP contribution in [0.1, 0.15) is 7.43 Å². The van der Waals surface area contributed by atoms with E-state index < -0.39 is 0 Å². The van der Waals surface area contributed by atoms with Crippen LogP contribution in [0.5, 0.6) is 0 Å². The molecular formula is C8H18N2. The summed E-state index contributed by atoms with van der Waals surface area (Å²) in [6.45, 7) is 9.35. The molecule has 1 rings (SSSR count). The molecule has 60 valence electrons. The molecule has 0 aromatic heterocycles. The van der Waals surface area contributed by atoms with Crippen molar-refractivity contribution in [2.24, 2.45) is 0 Å². The van der Waals surface area contributed by atoms with Gasteiger partial charge in [0.25, 0.3) is 0 Å². The second kappa shape index (κ2) is 5.45. The van der Waals surface area contributed by atoms with Crippen LogP contribution in [0.4, 0.5) is 0 Å². The Kier molecular flexibility index (Phi) is 5.26. The summed E-state index contributed by atoms with van der Waals surface area (Å²) in [5.41, 5.74) is 0. The van der Waals surface area contributed by atoms with E-state index in [9.17, 15) is 0 Å². The Bertz CT molecular complexity index is 85.3. The normalized spacial score (nSPS) is 19.6. The van der Waals surface area contributed by atoms with E-state index in [4.69, 9.17) is 0 Å². The lowest BCUT2D eigenvalue weighted by atomic mass is 10.3. The minimum Gasteiger partial charge on any atom is -0.314 e. The van der Waals surface area contributed by atoms with Gasteiger partial charge in [0.05, 0.1) is 0 Å². The van der Waals surface area contributed by atoms with Crippen molar-refractivity contribution in [1.82, 2.24) is 10.2 Å². The van der Waals surface area contributed by atoms with Gasteiger partial charge in [0.15, 0.2) is 0 Å². The standard InChI is InChI=1S/C7H14N2.CH4/c1-2-5-9-6-3-8-4-7-9;/h2,8H,1,3-7H2;1H4. The van der Waals surface area contributed by atoms with Crippen LogP contribution in [0, 0.1) is 0 Å². The number of rotatable bonds is 2. The molecule has 0 unspecified atom stereocenters. The Balaban J connectivity index is 0.000000810. The van der Waals surface area contributed by atoms with Crippen LogP contribution in [-0.4, -0.2) is 37.6 Å². The first-order valence-corrected chi connectivity index (χ1v) is 3.47. The summed E-state index contributed by atoms with van der Waals surface area (Å²) in [6, 6.07) is 0. The fraction of sp³-hybridized carbons (Fsp3) is 0.750. The largest absolute Gasteiger partial charge is 0.314 e. The summed E-state index contributed by atoms with van der Waals surface area (Å²) < 4.78 is 0. The number of hydrogen-bond acceptors (Lipinski definition) is 2. The highest BCUT2D eigenvalue weighted by Crippen LogP contribution is 1.89. The highest BCUT2D eigenvalue weighted by molar-refractivity contribution is 4.76. The van der Waals surface area contributed by atoms with Crippen molar-refractivity contribution in [3.8, 4) is 0 Å². The zero-order chi connectivity index (χ0) is 6.53. The molecule has 1 fully saturated rings.